The Bertz CT molecular complexity index is 716. The number of nitrogens with zero attached hydrogens (tertiary/aromatic N) is 3. The molecule has 3 rings (SSSR count). The lowest BCUT2D eigenvalue weighted by atomic mass is 10.0. The Labute approximate surface area is 143 Å². The van der Waals surface area contributed by atoms with E-state index in [9.17, 15) is 0 Å². The lowest BCUT2D eigenvalue weighted by Gasteiger charge is -2.26. The summed E-state index contributed by atoms with van der Waals surface area (Å²) in [7, 11) is 2.66. The SMILES string of the molecule is C[N+](C)=c1nc(N2CCc3ccccc3C2)ss1.[O-][Cl+3]([O-])([O-])[O-]. The monoisotopic (exact) mass is 377 g/mol. The molecular weight excluding hydrogens is 362 g/mol. The van der Waals surface area contributed by atoms with Gasteiger partial charge in [0.05, 0.1) is 14.1 Å². The van der Waals surface area contributed by atoms with Gasteiger partial charge in [0.1, 0.15) is 0 Å². The number of rotatable bonds is 1. The van der Waals surface area contributed by atoms with Gasteiger partial charge in [-0.1, -0.05) is 24.3 Å². The van der Waals surface area contributed by atoms with Gasteiger partial charge in [-0.05, 0) is 27.9 Å². The Kier molecular flexibility index (Phi) is 6.09. The van der Waals surface area contributed by atoms with E-state index in [0.29, 0.717) is 0 Å². The average molecular weight is 378 g/mol. The number of hydrogen-bond acceptors (Lipinski definition) is 8. The van der Waals surface area contributed by atoms with Crippen LogP contribution in [0.1, 0.15) is 11.1 Å². The highest BCUT2D eigenvalue weighted by molar-refractivity contribution is 7.69. The lowest BCUT2D eigenvalue weighted by molar-refractivity contribution is -2.00. The van der Waals surface area contributed by atoms with Crippen molar-refractivity contribution in [3.63, 3.8) is 0 Å². The molecule has 1 aromatic carbocycles. The maximum Gasteiger partial charge on any atom is 0.390 e. The largest absolute Gasteiger partial charge is 0.390 e. The van der Waals surface area contributed by atoms with E-state index in [0.717, 1.165) is 29.4 Å². The summed E-state index contributed by atoms with van der Waals surface area (Å²) in [5, 5.41) is 1.15. The molecule has 23 heavy (non-hydrogen) atoms. The number of benzene rings is 1. The molecule has 0 atom stereocenters. The molecule has 0 spiro atoms. The molecule has 0 radical (unpaired) electrons. The fourth-order valence-corrected chi connectivity index (χ4v) is 4.45. The standard InChI is InChI=1S/C13H16N3S2.ClHO4/c1-15(2)12-14-13(18-17-12)16-8-7-10-5-3-4-6-11(10)9-16;2-1(3,4)5/h3-6H,7-9H2,1-2H3;(H,2,3,4,5)/q+1;/p-1. The summed E-state index contributed by atoms with van der Waals surface area (Å²) in [6.45, 7) is 2.06. The molecule has 2 aromatic rings. The molecule has 126 valence electrons. The molecule has 0 fully saturated rings. The van der Waals surface area contributed by atoms with E-state index in [2.05, 4.69) is 33.7 Å². The minimum absolute atomic E-state index is 0.989. The van der Waals surface area contributed by atoms with Crippen molar-refractivity contribution < 1.29 is 28.9 Å². The first-order chi connectivity index (χ1) is 10.7. The van der Waals surface area contributed by atoms with Crippen LogP contribution in [0.3, 0.4) is 0 Å². The Balaban J connectivity index is 0.000000338. The second-order valence-electron chi connectivity index (χ2n) is 5.06. The predicted octanol–water partition coefficient (Wildman–Crippen LogP) is -2.96. The van der Waals surface area contributed by atoms with E-state index in [1.54, 1.807) is 20.7 Å². The Hall–Kier alpha value is -1.07. The maximum absolute atomic E-state index is 8.49. The number of hydrogen-bond donors (Lipinski definition) is 0. The summed E-state index contributed by atoms with van der Waals surface area (Å²) >= 11 is 0. The third kappa shape index (κ3) is 5.81. The van der Waals surface area contributed by atoms with E-state index in [-0.39, 0.29) is 0 Å². The first kappa shape index (κ1) is 18.3. The number of anilines is 1. The van der Waals surface area contributed by atoms with Crippen molar-refractivity contribution in [1.82, 2.24) is 9.56 Å². The van der Waals surface area contributed by atoms with Gasteiger partial charge in [-0.15, -0.1) is 10.2 Å². The van der Waals surface area contributed by atoms with Crippen LogP contribution in [-0.2, 0) is 13.0 Å². The zero-order chi connectivity index (χ0) is 17.0. The first-order valence-corrected chi connectivity index (χ1v) is 10.0. The topological polar surface area (TPSA) is 111 Å². The van der Waals surface area contributed by atoms with Crippen LogP contribution < -0.4 is 32.9 Å². The van der Waals surface area contributed by atoms with Crippen LogP contribution in [0.4, 0.5) is 5.13 Å². The molecular formula is C13H16ClN3O4S2. The van der Waals surface area contributed by atoms with E-state index in [1.165, 1.54) is 11.1 Å². The maximum atomic E-state index is 8.49. The Morgan fingerprint density at radius 3 is 2.26 bits per heavy atom. The molecule has 7 nitrogen and oxygen atoms in total. The van der Waals surface area contributed by atoms with Gasteiger partial charge in [0.2, 0.25) is 0 Å². The van der Waals surface area contributed by atoms with Crippen LogP contribution >= 0.6 is 20.7 Å². The van der Waals surface area contributed by atoms with Crippen LogP contribution in [0.5, 0.6) is 0 Å². The Morgan fingerprint density at radius 1 is 1.09 bits per heavy atom. The molecule has 0 saturated heterocycles. The zero-order valence-electron chi connectivity index (χ0n) is 12.6. The van der Waals surface area contributed by atoms with E-state index in [1.807, 2.05) is 14.1 Å². The predicted molar refractivity (Wildman–Crippen MR) is 78.3 cm³/mol. The summed E-state index contributed by atoms with van der Waals surface area (Å²) in [6.07, 6.45) is 1.12. The van der Waals surface area contributed by atoms with Gasteiger partial charge in [0.15, 0.2) is 0 Å². The molecule has 0 saturated carbocycles. The summed E-state index contributed by atoms with van der Waals surface area (Å²) in [4.78, 5) is 8.17. The van der Waals surface area contributed by atoms with Gasteiger partial charge in [-0.3, -0.25) is 4.58 Å². The molecule has 0 amide bonds. The molecule has 2 heterocycles. The van der Waals surface area contributed by atoms with Crippen molar-refractivity contribution in [3.8, 4) is 0 Å². The van der Waals surface area contributed by atoms with Crippen LogP contribution in [0.25, 0.3) is 0 Å². The molecule has 0 bridgehead atoms. The van der Waals surface area contributed by atoms with Crippen LogP contribution in [0.15, 0.2) is 24.3 Å². The van der Waals surface area contributed by atoms with Crippen molar-refractivity contribution in [3.05, 3.63) is 40.2 Å². The van der Waals surface area contributed by atoms with Gasteiger partial charge in [0, 0.05) is 28.4 Å². The van der Waals surface area contributed by atoms with Crippen LogP contribution in [-0.4, -0.2) is 25.6 Å². The third-order valence-corrected chi connectivity index (χ3v) is 5.50. The van der Waals surface area contributed by atoms with Crippen molar-refractivity contribution in [2.75, 3.05) is 25.5 Å². The minimum atomic E-state index is -4.94. The van der Waals surface area contributed by atoms with E-state index < -0.39 is 10.2 Å². The van der Waals surface area contributed by atoms with Gasteiger partial charge in [0.25, 0.3) is 0 Å². The second-order valence-corrected chi connectivity index (χ2v) is 7.88. The highest BCUT2D eigenvalue weighted by Gasteiger charge is 2.21. The molecule has 1 aliphatic heterocycles. The number of aromatic nitrogens is 1. The Morgan fingerprint density at radius 2 is 1.70 bits per heavy atom. The van der Waals surface area contributed by atoms with Gasteiger partial charge >= 0.3 is 9.93 Å². The average Bonchev–Trinajstić information content (AvgIpc) is 2.95. The fraction of sp³-hybridized carbons (Fsp3) is 0.385. The molecule has 10 heteroatoms. The molecule has 1 aliphatic rings. The fourth-order valence-electron chi connectivity index (χ4n) is 2.15. The van der Waals surface area contributed by atoms with Gasteiger partial charge in [-0.2, -0.15) is 0 Å². The van der Waals surface area contributed by atoms with Crippen molar-refractivity contribution in [1.29, 1.82) is 0 Å². The quantitative estimate of drug-likeness (QED) is 0.388. The highest BCUT2D eigenvalue weighted by atomic mass is 35.7. The first-order valence-electron chi connectivity index (χ1n) is 6.65. The lowest BCUT2D eigenvalue weighted by Crippen LogP contribution is -2.68. The smallest absolute Gasteiger partial charge is 0.322 e. The summed E-state index contributed by atoms with van der Waals surface area (Å²) in [6, 6.07) is 8.72. The normalized spacial score (nSPS) is 13.9. The third-order valence-electron chi connectivity index (χ3n) is 3.17. The minimum Gasteiger partial charge on any atom is -0.322 e. The molecule has 0 N–H and O–H groups in total. The highest BCUT2D eigenvalue weighted by Crippen LogP contribution is 2.26. The van der Waals surface area contributed by atoms with E-state index in [4.69, 9.17) is 23.6 Å². The van der Waals surface area contributed by atoms with E-state index >= 15 is 0 Å². The molecule has 0 unspecified atom stereocenters. The number of halogens is 1. The second kappa shape index (κ2) is 7.67. The van der Waals surface area contributed by atoms with Crippen LogP contribution in [0, 0.1) is 10.2 Å². The summed E-state index contributed by atoms with van der Waals surface area (Å²) in [5.74, 6) is 0. The van der Waals surface area contributed by atoms with Crippen molar-refractivity contribution >= 4 is 25.8 Å². The molecule has 1 aromatic heterocycles. The van der Waals surface area contributed by atoms with Crippen molar-refractivity contribution in [2.45, 2.75) is 13.0 Å². The summed E-state index contributed by atoms with van der Waals surface area (Å²) < 4.78 is 36.0. The van der Waals surface area contributed by atoms with Gasteiger partial charge in [-0.25, -0.2) is 18.6 Å². The summed E-state index contributed by atoms with van der Waals surface area (Å²) in [5.41, 5.74) is 2.93. The van der Waals surface area contributed by atoms with Crippen LogP contribution in [0.2, 0.25) is 0 Å². The zero-order valence-corrected chi connectivity index (χ0v) is 15.0. The van der Waals surface area contributed by atoms with Gasteiger partial charge < -0.3 is 4.90 Å². The molecule has 0 aliphatic carbocycles. The number of fused-ring (bicyclic) bond motifs is 1. The van der Waals surface area contributed by atoms with Crippen molar-refractivity contribution in [2.24, 2.45) is 0 Å².